The summed E-state index contributed by atoms with van der Waals surface area (Å²) in [7, 11) is 1.30. The largest absolute Gasteiger partial charge is 0.486 e. The predicted octanol–water partition coefficient (Wildman–Crippen LogP) is 3.73. The summed E-state index contributed by atoms with van der Waals surface area (Å²) >= 11 is 0. The number of amides is 1. The third-order valence-corrected chi connectivity index (χ3v) is 6.30. The van der Waals surface area contributed by atoms with Crippen LogP contribution in [0.1, 0.15) is 61.5 Å². The molecule has 0 radical (unpaired) electrons. The van der Waals surface area contributed by atoms with Gasteiger partial charge in [0.05, 0.1) is 30.2 Å². The standard InChI is InChI=1S/C24H25NO5/c1-15-8-9-19-20(26)14-24(30-21(19)16(15)2)10-12-25(13-11-24)22(27)17-6-4-5-7-18(17)23(28)29-3/h4-9H,10-14H2,1-3H3. The second-order valence-corrected chi connectivity index (χ2v) is 8.10. The average Bonchev–Trinajstić information content (AvgIpc) is 2.76. The number of benzene rings is 2. The highest BCUT2D eigenvalue weighted by Gasteiger charge is 2.44. The third-order valence-electron chi connectivity index (χ3n) is 6.30. The van der Waals surface area contributed by atoms with E-state index < -0.39 is 11.6 Å². The van der Waals surface area contributed by atoms with Crippen LogP contribution < -0.4 is 4.74 Å². The van der Waals surface area contributed by atoms with Crippen LogP contribution in [0.2, 0.25) is 0 Å². The fraction of sp³-hybridized carbons (Fsp3) is 0.375. The number of methoxy groups -OCH3 is 1. The van der Waals surface area contributed by atoms with Crippen molar-refractivity contribution in [2.24, 2.45) is 0 Å². The first kappa shape index (κ1) is 20.1. The minimum Gasteiger partial charge on any atom is -0.486 e. The van der Waals surface area contributed by atoms with Crippen molar-refractivity contribution in [3.8, 4) is 5.75 Å². The summed E-state index contributed by atoms with van der Waals surface area (Å²) in [5.74, 6) is 0.0359. The van der Waals surface area contributed by atoms with Crippen molar-refractivity contribution in [2.45, 2.75) is 38.7 Å². The molecule has 1 saturated heterocycles. The number of carbonyl (C=O) groups is 3. The number of nitrogens with zero attached hydrogens (tertiary/aromatic N) is 1. The molecule has 2 aromatic carbocycles. The molecule has 1 spiro atoms. The Morgan fingerprint density at radius 2 is 1.70 bits per heavy atom. The lowest BCUT2D eigenvalue weighted by atomic mass is 9.81. The number of fused-ring (bicyclic) bond motifs is 1. The highest BCUT2D eigenvalue weighted by molar-refractivity contribution is 6.05. The molecule has 1 fully saturated rings. The summed E-state index contributed by atoms with van der Waals surface area (Å²) in [6.45, 7) is 4.90. The Kier molecular flexibility index (Phi) is 5.10. The molecular formula is C24H25NO5. The Morgan fingerprint density at radius 3 is 2.37 bits per heavy atom. The number of ether oxygens (including phenoxy) is 2. The van der Waals surface area contributed by atoms with E-state index in [-0.39, 0.29) is 17.3 Å². The third kappa shape index (κ3) is 3.36. The molecule has 0 N–H and O–H groups in total. The molecule has 2 heterocycles. The Bertz CT molecular complexity index is 1030. The average molecular weight is 407 g/mol. The lowest BCUT2D eigenvalue weighted by molar-refractivity contribution is -0.00630. The first-order valence-electron chi connectivity index (χ1n) is 10.1. The zero-order valence-corrected chi connectivity index (χ0v) is 17.5. The van der Waals surface area contributed by atoms with Crippen LogP contribution in [0.5, 0.6) is 5.75 Å². The quantitative estimate of drug-likeness (QED) is 0.710. The van der Waals surface area contributed by atoms with E-state index in [0.29, 0.717) is 49.2 Å². The maximum absolute atomic E-state index is 13.1. The maximum Gasteiger partial charge on any atom is 0.338 e. The van der Waals surface area contributed by atoms with E-state index in [0.717, 1.165) is 11.1 Å². The van der Waals surface area contributed by atoms with Crippen LogP contribution >= 0.6 is 0 Å². The molecule has 0 unspecified atom stereocenters. The van der Waals surface area contributed by atoms with Gasteiger partial charge in [0.2, 0.25) is 0 Å². The predicted molar refractivity (Wildman–Crippen MR) is 111 cm³/mol. The number of Topliss-reactive ketones (excluding diaryl/α,β-unsaturated/α-hetero) is 1. The fourth-order valence-corrected chi connectivity index (χ4v) is 4.31. The Morgan fingerprint density at radius 1 is 1.03 bits per heavy atom. The van der Waals surface area contributed by atoms with Gasteiger partial charge in [0, 0.05) is 25.9 Å². The summed E-state index contributed by atoms with van der Waals surface area (Å²) in [6.07, 6.45) is 1.46. The van der Waals surface area contributed by atoms with Gasteiger partial charge in [-0.05, 0) is 43.2 Å². The van der Waals surface area contributed by atoms with Gasteiger partial charge in [-0.15, -0.1) is 0 Å². The Hall–Kier alpha value is -3.15. The fourth-order valence-electron chi connectivity index (χ4n) is 4.31. The molecule has 0 aromatic heterocycles. The molecule has 6 nitrogen and oxygen atoms in total. The number of carbonyl (C=O) groups excluding carboxylic acids is 3. The summed E-state index contributed by atoms with van der Waals surface area (Å²) < 4.78 is 11.2. The van der Waals surface area contributed by atoms with Crippen molar-refractivity contribution in [3.05, 3.63) is 64.2 Å². The highest BCUT2D eigenvalue weighted by atomic mass is 16.5. The number of piperidine rings is 1. The van der Waals surface area contributed by atoms with Crippen LogP contribution in [-0.2, 0) is 4.74 Å². The smallest absolute Gasteiger partial charge is 0.338 e. The molecule has 2 aliphatic rings. The number of likely N-dealkylation sites (tertiary alicyclic amines) is 1. The molecule has 0 saturated carbocycles. The number of aryl methyl sites for hydroxylation is 1. The van der Waals surface area contributed by atoms with E-state index in [4.69, 9.17) is 9.47 Å². The van der Waals surface area contributed by atoms with Gasteiger partial charge in [0.15, 0.2) is 5.78 Å². The van der Waals surface area contributed by atoms with E-state index in [9.17, 15) is 14.4 Å². The maximum atomic E-state index is 13.1. The van der Waals surface area contributed by atoms with Crippen LogP contribution in [0.15, 0.2) is 36.4 Å². The van der Waals surface area contributed by atoms with Crippen molar-refractivity contribution >= 4 is 17.7 Å². The first-order valence-corrected chi connectivity index (χ1v) is 10.1. The minimum absolute atomic E-state index is 0.0927. The summed E-state index contributed by atoms with van der Waals surface area (Å²) in [6, 6.07) is 10.5. The van der Waals surface area contributed by atoms with Gasteiger partial charge in [-0.1, -0.05) is 18.2 Å². The monoisotopic (exact) mass is 407 g/mol. The molecule has 0 aliphatic carbocycles. The minimum atomic E-state index is -0.582. The van der Waals surface area contributed by atoms with Gasteiger partial charge < -0.3 is 14.4 Å². The lowest BCUT2D eigenvalue weighted by Crippen LogP contribution is -2.52. The summed E-state index contributed by atoms with van der Waals surface area (Å²) in [5.41, 5.74) is 2.74. The number of esters is 1. The molecule has 156 valence electrons. The molecule has 6 heteroatoms. The van der Waals surface area contributed by atoms with Crippen molar-refractivity contribution < 1.29 is 23.9 Å². The van der Waals surface area contributed by atoms with Crippen LogP contribution in [0.4, 0.5) is 0 Å². The van der Waals surface area contributed by atoms with Crippen molar-refractivity contribution in [1.82, 2.24) is 4.90 Å². The van der Waals surface area contributed by atoms with Gasteiger partial charge in [-0.3, -0.25) is 9.59 Å². The molecule has 2 aromatic rings. The lowest BCUT2D eigenvalue weighted by Gasteiger charge is -2.44. The second-order valence-electron chi connectivity index (χ2n) is 8.10. The SMILES string of the molecule is COC(=O)c1ccccc1C(=O)N1CCC2(CC1)CC(=O)c1ccc(C)c(C)c1O2. The zero-order valence-electron chi connectivity index (χ0n) is 17.5. The Labute approximate surface area is 175 Å². The van der Waals surface area contributed by atoms with Crippen molar-refractivity contribution in [2.75, 3.05) is 20.2 Å². The number of hydrogen-bond donors (Lipinski definition) is 0. The van der Waals surface area contributed by atoms with Gasteiger partial charge in [0.25, 0.3) is 5.91 Å². The van der Waals surface area contributed by atoms with Gasteiger partial charge in [-0.25, -0.2) is 4.79 Å². The van der Waals surface area contributed by atoms with Gasteiger partial charge in [0.1, 0.15) is 11.4 Å². The summed E-state index contributed by atoms with van der Waals surface area (Å²) in [4.78, 5) is 39.6. The molecule has 0 atom stereocenters. The molecule has 0 bridgehead atoms. The molecule has 1 amide bonds. The van der Waals surface area contributed by atoms with E-state index in [1.54, 1.807) is 29.2 Å². The van der Waals surface area contributed by atoms with E-state index in [2.05, 4.69) is 0 Å². The van der Waals surface area contributed by atoms with Crippen LogP contribution in [0.3, 0.4) is 0 Å². The van der Waals surface area contributed by atoms with Crippen LogP contribution in [0.25, 0.3) is 0 Å². The van der Waals surface area contributed by atoms with Crippen molar-refractivity contribution in [1.29, 1.82) is 0 Å². The first-order chi connectivity index (χ1) is 14.3. The van der Waals surface area contributed by atoms with Gasteiger partial charge >= 0.3 is 5.97 Å². The molecular weight excluding hydrogens is 382 g/mol. The van der Waals surface area contributed by atoms with E-state index in [1.807, 2.05) is 26.0 Å². The van der Waals surface area contributed by atoms with Gasteiger partial charge in [-0.2, -0.15) is 0 Å². The molecule has 30 heavy (non-hydrogen) atoms. The number of ketones is 1. The zero-order chi connectivity index (χ0) is 21.5. The topological polar surface area (TPSA) is 72.9 Å². The van der Waals surface area contributed by atoms with E-state index in [1.165, 1.54) is 7.11 Å². The molecule has 4 rings (SSSR count). The normalized spacial score (nSPS) is 17.3. The number of rotatable bonds is 2. The summed E-state index contributed by atoms with van der Waals surface area (Å²) in [5, 5.41) is 0. The van der Waals surface area contributed by atoms with Crippen LogP contribution in [-0.4, -0.2) is 48.4 Å². The molecule has 2 aliphatic heterocycles. The number of hydrogen-bond acceptors (Lipinski definition) is 5. The van der Waals surface area contributed by atoms with E-state index >= 15 is 0 Å². The highest BCUT2D eigenvalue weighted by Crippen LogP contribution is 2.42. The van der Waals surface area contributed by atoms with Crippen molar-refractivity contribution in [3.63, 3.8) is 0 Å². The van der Waals surface area contributed by atoms with Crippen LogP contribution in [0, 0.1) is 13.8 Å². The second kappa shape index (κ2) is 7.59. The Balaban J connectivity index is 1.54.